The molecule has 1 saturated carbocycles. The molecule has 1 aliphatic heterocycles. The molecule has 108 valence electrons. The van der Waals surface area contributed by atoms with E-state index < -0.39 is 0 Å². The molecule has 1 aromatic carbocycles. The molecular formula is C17H24N2O. The van der Waals surface area contributed by atoms with Crippen LogP contribution < -0.4 is 5.32 Å². The normalized spacial score (nSPS) is 27.9. The number of carbonyl (C=O) groups is 1. The number of carbonyl (C=O) groups excluding carboxylic acids is 1. The average molecular weight is 272 g/mol. The first-order valence-electron chi connectivity index (χ1n) is 7.82. The Balaban J connectivity index is 1.80. The Morgan fingerprint density at radius 3 is 2.60 bits per heavy atom. The number of amides is 1. The zero-order chi connectivity index (χ0) is 14.1. The summed E-state index contributed by atoms with van der Waals surface area (Å²) in [4.78, 5) is 14.6. The molecule has 1 aliphatic carbocycles. The lowest BCUT2D eigenvalue weighted by Crippen LogP contribution is -2.35. The third-order valence-corrected chi connectivity index (χ3v) is 4.69. The van der Waals surface area contributed by atoms with Crippen LogP contribution in [0.3, 0.4) is 0 Å². The summed E-state index contributed by atoms with van der Waals surface area (Å²) < 4.78 is 0. The molecule has 0 spiro atoms. The summed E-state index contributed by atoms with van der Waals surface area (Å²) in [5.41, 5.74) is 1.19. The second-order valence-corrected chi connectivity index (χ2v) is 6.25. The van der Waals surface area contributed by atoms with Crippen LogP contribution in [0.15, 0.2) is 30.3 Å². The number of nitrogens with zero attached hydrogens (tertiary/aromatic N) is 1. The lowest BCUT2D eigenvalue weighted by atomic mass is 10.0. The van der Waals surface area contributed by atoms with E-state index in [1.165, 1.54) is 18.4 Å². The van der Waals surface area contributed by atoms with Crippen molar-refractivity contribution >= 4 is 5.91 Å². The lowest BCUT2D eigenvalue weighted by molar-refractivity contribution is -0.130. The first kappa shape index (κ1) is 13.6. The van der Waals surface area contributed by atoms with E-state index in [9.17, 15) is 4.79 Å². The molecule has 2 aliphatic rings. The molecule has 1 amide bonds. The van der Waals surface area contributed by atoms with Gasteiger partial charge >= 0.3 is 0 Å². The Bertz CT molecular complexity index is 469. The van der Waals surface area contributed by atoms with Gasteiger partial charge in [-0.1, -0.05) is 44.2 Å². The van der Waals surface area contributed by atoms with Gasteiger partial charge in [0.25, 0.3) is 0 Å². The van der Waals surface area contributed by atoms with E-state index in [0.717, 1.165) is 18.9 Å². The maximum Gasteiger partial charge on any atom is 0.241 e. The third kappa shape index (κ3) is 2.59. The summed E-state index contributed by atoms with van der Waals surface area (Å²) >= 11 is 0. The maximum absolute atomic E-state index is 12.6. The van der Waals surface area contributed by atoms with Crippen LogP contribution in [0.4, 0.5) is 0 Å². The van der Waals surface area contributed by atoms with Gasteiger partial charge < -0.3 is 4.90 Å². The van der Waals surface area contributed by atoms with E-state index in [1.54, 1.807) is 0 Å². The van der Waals surface area contributed by atoms with Crippen molar-refractivity contribution in [2.75, 3.05) is 6.54 Å². The zero-order valence-electron chi connectivity index (χ0n) is 12.4. The summed E-state index contributed by atoms with van der Waals surface area (Å²) in [5.74, 6) is 1.72. The van der Waals surface area contributed by atoms with Crippen LogP contribution in [-0.2, 0) is 4.79 Å². The SMILES string of the molecule is CCC1NC(c2ccccc2)N(CC(C)C2CC2)C1=O. The molecule has 0 bridgehead atoms. The summed E-state index contributed by atoms with van der Waals surface area (Å²) in [6, 6.07) is 10.3. The standard InChI is InChI=1S/C17H24N2O/c1-3-15-17(20)19(11-12(2)13-9-10-13)16(18-15)14-7-5-4-6-8-14/h4-8,12-13,15-16,18H,3,9-11H2,1-2H3. The topological polar surface area (TPSA) is 32.3 Å². The van der Waals surface area contributed by atoms with Gasteiger partial charge in [0.05, 0.1) is 6.04 Å². The van der Waals surface area contributed by atoms with E-state index in [2.05, 4.69) is 36.2 Å². The van der Waals surface area contributed by atoms with E-state index in [0.29, 0.717) is 5.92 Å². The number of hydrogen-bond acceptors (Lipinski definition) is 2. The van der Waals surface area contributed by atoms with Crippen molar-refractivity contribution in [3.63, 3.8) is 0 Å². The van der Waals surface area contributed by atoms with Crippen LogP contribution in [0.2, 0.25) is 0 Å². The molecule has 1 heterocycles. The Morgan fingerprint density at radius 1 is 1.30 bits per heavy atom. The third-order valence-electron chi connectivity index (χ3n) is 4.69. The Morgan fingerprint density at radius 2 is 2.00 bits per heavy atom. The quantitative estimate of drug-likeness (QED) is 0.894. The van der Waals surface area contributed by atoms with Crippen LogP contribution >= 0.6 is 0 Å². The van der Waals surface area contributed by atoms with E-state index in [1.807, 2.05) is 18.2 Å². The minimum absolute atomic E-state index is 0.0217. The number of nitrogens with one attached hydrogen (secondary N) is 1. The van der Waals surface area contributed by atoms with Gasteiger partial charge in [0.1, 0.15) is 6.17 Å². The zero-order valence-corrected chi connectivity index (χ0v) is 12.4. The molecule has 2 fully saturated rings. The average Bonchev–Trinajstić information content (AvgIpc) is 3.27. The minimum atomic E-state index is -0.0217. The molecule has 3 heteroatoms. The largest absolute Gasteiger partial charge is 0.321 e. The predicted molar refractivity (Wildman–Crippen MR) is 80.0 cm³/mol. The fraction of sp³-hybridized carbons (Fsp3) is 0.588. The molecule has 0 radical (unpaired) electrons. The number of rotatable bonds is 5. The van der Waals surface area contributed by atoms with Crippen molar-refractivity contribution in [3.05, 3.63) is 35.9 Å². The molecule has 3 atom stereocenters. The van der Waals surface area contributed by atoms with E-state index in [-0.39, 0.29) is 18.1 Å². The molecule has 1 N–H and O–H groups in total. The second-order valence-electron chi connectivity index (χ2n) is 6.25. The molecule has 20 heavy (non-hydrogen) atoms. The van der Waals surface area contributed by atoms with Crippen LogP contribution in [0.1, 0.15) is 44.8 Å². The van der Waals surface area contributed by atoms with Gasteiger partial charge in [-0.2, -0.15) is 0 Å². The van der Waals surface area contributed by atoms with Crippen molar-refractivity contribution < 1.29 is 4.79 Å². The fourth-order valence-corrected chi connectivity index (χ4v) is 3.20. The predicted octanol–water partition coefficient (Wildman–Crippen LogP) is 2.94. The molecule has 3 nitrogen and oxygen atoms in total. The Kier molecular flexibility index (Phi) is 3.79. The van der Waals surface area contributed by atoms with Crippen LogP contribution in [0.25, 0.3) is 0 Å². The lowest BCUT2D eigenvalue weighted by Gasteiger charge is -2.27. The summed E-state index contributed by atoms with van der Waals surface area (Å²) in [5, 5.41) is 3.50. The van der Waals surface area contributed by atoms with Gasteiger partial charge in [-0.15, -0.1) is 0 Å². The van der Waals surface area contributed by atoms with Crippen molar-refractivity contribution in [2.24, 2.45) is 11.8 Å². The van der Waals surface area contributed by atoms with E-state index >= 15 is 0 Å². The Hall–Kier alpha value is -1.35. The molecule has 1 aromatic rings. The van der Waals surface area contributed by atoms with E-state index in [4.69, 9.17) is 0 Å². The van der Waals surface area contributed by atoms with Gasteiger partial charge in [0.2, 0.25) is 5.91 Å². The molecule has 1 saturated heterocycles. The first-order chi connectivity index (χ1) is 9.70. The molecule has 0 aromatic heterocycles. The highest BCUT2D eigenvalue weighted by Gasteiger charge is 2.40. The Labute approximate surface area is 121 Å². The molecule has 3 rings (SSSR count). The minimum Gasteiger partial charge on any atom is -0.321 e. The van der Waals surface area contributed by atoms with Gasteiger partial charge in [0.15, 0.2) is 0 Å². The van der Waals surface area contributed by atoms with Crippen LogP contribution in [0, 0.1) is 11.8 Å². The van der Waals surface area contributed by atoms with Crippen molar-refractivity contribution in [1.29, 1.82) is 0 Å². The van der Waals surface area contributed by atoms with Gasteiger partial charge in [-0.3, -0.25) is 10.1 Å². The first-order valence-corrected chi connectivity index (χ1v) is 7.82. The summed E-state index contributed by atoms with van der Waals surface area (Å²) in [6.45, 7) is 5.24. The second kappa shape index (κ2) is 5.57. The van der Waals surface area contributed by atoms with Gasteiger partial charge in [-0.25, -0.2) is 0 Å². The van der Waals surface area contributed by atoms with Crippen molar-refractivity contribution in [1.82, 2.24) is 10.2 Å². The fourth-order valence-electron chi connectivity index (χ4n) is 3.20. The smallest absolute Gasteiger partial charge is 0.241 e. The highest BCUT2D eigenvalue weighted by molar-refractivity contribution is 5.84. The number of benzene rings is 1. The number of hydrogen-bond donors (Lipinski definition) is 1. The summed E-state index contributed by atoms with van der Waals surface area (Å²) in [6.07, 6.45) is 3.58. The molecule has 3 unspecified atom stereocenters. The highest BCUT2D eigenvalue weighted by atomic mass is 16.2. The maximum atomic E-state index is 12.6. The van der Waals surface area contributed by atoms with Crippen LogP contribution in [-0.4, -0.2) is 23.4 Å². The molecular weight excluding hydrogens is 248 g/mol. The van der Waals surface area contributed by atoms with Crippen LogP contribution in [0.5, 0.6) is 0 Å². The van der Waals surface area contributed by atoms with Crippen molar-refractivity contribution in [2.45, 2.75) is 45.3 Å². The van der Waals surface area contributed by atoms with Gasteiger partial charge in [0, 0.05) is 6.54 Å². The summed E-state index contributed by atoms with van der Waals surface area (Å²) in [7, 11) is 0. The van der Waals surface area contributed by atoms with Gasteiger partial charge in [-0.05, 0) is 36.7 Å². The highest BCUT2D eigenvalue weighted by Crippen LogP contribution is 2.38. The monoisotopic (exact) mass is 272 g/mol. The van der Waals surface area contributed by atoms with Crippen molar-refractivity contribution in [3.8, 4) is 0 Å².